The van der Waals surface area contributed by atoms with Gasteiger partial charge in [-0.15, -0.1) is 0 Å². The minimum Gasteiger partial charge on any atom is -0.265 e. The van der Waals surface area contributed by atoms with Gasteiger partial charge in [0.1, 0.15) is 11.9 Å². The van der Waals surface area contributed by atoms with Gasteiger partial charge in [-0.3, -0.25) is 4.48 Å². The molecule has 1 aromatic rings. The molecule has 1 heteroatoms. The number of hydrogen-bond acceptors (Lipinski definition) is 0. The third-order valence-electron chi connectivity index (χ3n) is 3.08. The van der Waals surface area contributed by atoms with E-state index in [1.807, 2.05) is 0 Å². The normalized spacial score (nSPS) is 17.4. The van der Waals surface area contributed by atoms with Gasteiger partial charge in [-0.2, -0.15) is 0 Å². The molecule has 0 atom stereocenters. The predicted octanol–water partition coefficient (Wildman–Crippen LogP) is 3.02. The molecule has 0 amide bonds. The molecule has 0 radical (unpaired) electrons. The zero-order valence-corrected chi connectivity index (χ0v) is 8.33. The van der Waals surface area contributed by atoms with E-state index in [1.165, 1.54) is 11.3 Å². The molecule has 1 aliphatic heterocycles. The van der Waals surface area contributed by atoms with Gasteiger partial charge in [-0.25, -0.2) is 0 Å². The molecule has 1 aromatic carbocycles. The van der Waals surface area contributed by atoms with Crippen LogP contribution in [-0.2, 0) is 0 Å². The molecular formula is C12H16N+. The van der Waals surface area contributed by atoms with Crippen LogP contribution in [0.2, 0.25) is 0 Å². The molecule has 0 unspecified atom stereocenters. The van der Waals surface area contributed by atoms with Crippen molar-refractivity contribution < 1.29 is 0 Å². The maximum absolute atomic E-state index is 2.31. The highest BCUT2D eigenvalue weighted by molar-refractivity contribution is 5.73. The number of hydrogen-bond donors (Lipinski definition) is 0. The first-order chi connectivity index (χ1) is 6.32. The van der Waals surface area contributed by atoms with Crippen LogP contribution in [0.15, 0.2) is 30.5 Å². The fourth-order valence-electron chi connectivity index (χ4n) is 2.11. The van der Waals surface area contributed by atoms with E-state index in [0.717, 1.165) is 17.6 Å². The van der Waals surface area contributed by atoms with Crippen LogP contribution in [0.4, 0.5) is 5.69 Å². The van der Waals surface area contributed by atoms with E-state index in [-0.39, 0.29) is 0 Å². The van der Waals surface area contributed by atoms with Gasteiger partial charge in [-0.1, -0.05) is 12.1 Å². The van der Waals surface area contributed by atoms with Gasteiger partial charge in [0.05, 0.1) is 13.1 Å². The van der Waals surface area contributed by atoms with Crippen molar-refractivity contribution in [3.63, 3.8) is 0 Å². The lowest BCUT2D eigenvalue weighted by molar-refractivity contribution is 0.416. The van der Waals surface area contributed by atoms with Gasteiger partial charge in [-0.05, 0) is 19.9 Å². The maximum Gasteiger partial charge on any atom is 0.144 e. The van der Waals surface area contributed by atoms with Crippen LogP contribution in [0.5, 0.6) is 0 Å². The summed E-state index contributed by atoms with van der Waals surface area (Å²) in [5.41, 5.74) is 2.83. The maximum atomic E-state index is 2.31. The van der Waals surface area contributed by atoms with Gasteiger partial charge in [0, 0.05) is 17.7 Å². The monoisotopic (exact) mass is 174 g/mol. The Morgan fingerprint density at radius 1 is 1.08 bits per heavy atom. The molecule has 0 aromatic heterocycles. The van der Waals surface area contributed by atoms with Crippen molar-refractivity contribution >= 4 is 11.8 Å². The molecule has 13 heavy (non-hydrogen) atoms. The number of fused-ring (bicyclic) bond motifs is 1. The van der Waals surface area contributed by atoms with Crippen molar-refractivity contribution in [2.24, 2.45) is 0 Å². The Kier molecular flexibility index (Phi) is 1.97. The molecule has 0 bridgehead atoms. The Bertz CT molecular complexity index is 335. The van der Waals surface area contributed by atoms with Crippen molar-refractivity contribution in [1.29, 1.82) is 0 Å². The minimum absolute atomic E-state index is 1.01. The molecule has 2 rings (SSSR count). The largest absolute Gasteiger partial charge is 0.265 e. The molecule has 0 saturated heterocycles. The SMILES string of the molecule is CC[N+]1(CC)C=Cc2ccccc21. The van der Waals surface area contributed by atoms with Crippen LogP contribution >= 0.6 is 0 Å². The minimum atomic E-state index is 1.01. The van der Waals surface area contributed by atoms with Crippen molar-refractivity contribution in [2.45, 2.75) is 13.8 Å². The zero-order valence-electron chi connectivity index (χ0n) is 8.33. The summed E-state index contributed by atoms with van der Waals surface area (Å²) in [4.78, 5) is 0. The molecule has 1 heterocycles. The molecule has 0 N–H and O–H groups in total. The number of rotatable bonds is 2. The first-order valence-electron chi connectivity index (χ1n) is 4.98. The average Bonchev–Trinajstić information content (AvgIpc) is 2.58. The second kappa shape index (κ2) is 3.00. The summed E-state index contributed by atoms with van der Waals surface area (Å²) >= 11 is 0. The van der Waals surface area contributed by atoms with Gasteiger partial charge in [0.2, 0.25) is 0 Å². The Morgan fingerprint density at radius 2 is 1.77 bits per heavy atom. The van der Waals surface area contributed by atoms with Crippen LogP contribution in [0, 0.1) is 0 Å². The zero-order chi connectivity index (χ0) is 9.31. The van der Waals surface area contributed by atoms with Crippen molar-refractivity contribution in [2.75, 3.05) is 13.1 Å². The number of nitrogens with zero attached hydrogens (tertiary/aromatic N) is 1. The summed E-state index contributed by atoms with van der Waals surface area (Å²) in [5, 5.41) is 0. The topological polar surface area (TPSA) is 0 Å². The molecule has 1 nitrogen and oxygen atoms in total. The Morgan fingerprint density at radius 3 is 2.46 bits per heavy atom. The smallest absolute Gasteiger partial charge is 0.144 e. The van der Waals surface area contributed by atoms with Gasteiger partial charge >= 0.3 is 0 Å². The van der Waals surface area contributed by atoms with E-state index in [9.17, 15) is 0 Å². The predicted molar refractivity (Wildman–Crippen MR) is 58.4 cm³/mol. The van der Waals surface area contributed by atoms with E-state index in [4.69, 9.17) is 0 Å². The Balaban J connectivity index is 2.53. The third-order valence-corrected chi connectivity index (χ3v) is 3.08. The summed E-state index contributed by atoms with van der Waals surface area (Å²) in [6.07, 6.45) is 4.55. The van der Waals surface area contributed by atoms with Crippen LogP contribution in [0.25, 0.3) is 6.08 Å². The van der Waals surface area contributed by atoms with E-state index in [0.29, 0.717) is 0 Å². The molecule has 0 spiro atoms. The summed E-state index contributed by atoms with van der Waals surface area (Å²) in [6, 6.07) is 8.66. The first kappa shape index (κ1) is 8.52. The fraction of sp³-hybridized carbons (Fsp3) is 0.333. The highest BCUT2D eigenvalue weighted by atomic mass is 15.3. The lowest BCUT2D eigenvalue weighted by Gasteiger charge is -2.29. The summed E-state index contributed by atoms with van der Waals surface area (Å²) in [6.45, 7) is 6.78. The van der Waals surface area contributed by atoms with E-state index < -0.39 is 0 Å². The second-order valence-electron chi connectivity index (χ2n) is 3.54. The van der Waals surface area contributed by atoms with Gasteiger partial charge in [0.15, 0.2) is 0 Å². The van der Waals surface area contributed by atoms with Crippen molar-refractivity contribution in [3.8, 4) is 0 Å². The van der Waals surface area contributed by atoms with E-state index in [1.54, 1.807) is 0 Å². The molecule has 0 saturated carbocycles. The highest BCUT2D eigenvalue weighted by Crippen LogP contribution is 2.34. The van der Waals surface area contributed by atoms with Crippen LogP contribution < -0.4 is 4.48 Å². The van der Waals surface area contributed by atoms with E-state index >= 15 is 0 Å². The number of para-hydroxylation sites is 1. The van der Waals surface area contributed by atoms with E-state index in [2.05, 4.69) is 50.4 Å². The van der Waals surface area contributed by atoms with Crippen LogP contribution in [-0.4, -0.2) is 13.1 Å². The second-order valence-corrected chi connectivity index (χ2v) is 3.54. The summed E-state index contributed by atoms with van der Waals surface area (Å²) in [5.74, 6) is 0. The van der Waals surface area contributed by atoms with Gasteiger partial charge < -0.3 is 0 Å². The van der Waals surface area contributed by atoms with Crippen LogP contribution in [0.1, 0.15) is 19.4 Å². The highest BCUT2D eigenvalue weighted by Gasteiger charge is 2.30. The van der Waals surface area contributed by atoms with Gasteiger partial charge in [0.25, 0.3) is 0 Å². The lowest BCUT2D eigenvalue weighted by Crippen LogP contribution is -2.41. The summed E-state index contributed by atoms with van der Waals surface area (Å²) < 4.78 is 1.01. The fourth-order valence-corrected chi connectivity index (χ4v) is 2.11. The number of quaternary nitrogens is 1. The van der Waals surface area contributed by atoms with Crippen LogP contribution in [0.3, 0.4) is 0 Å². The number of benzene rings is 1. The average molecular weight is 174 g/mol. The molecule has 68 valence electrons. The quantitative estimate of drug-likeness (QED) is 0.605. The summed E-state index contributed by atoms with van der Waals surface area (Å²) in [7, 11) is 0. The Hall–Kier alpha value is -1.08. The standard InChI is InChI=1S/C12H16N/c1-3-13(4-2)10-9-11-7-5-6-8-12(11)13/h5-10H,3-4H2,1-2H3/q+1. The molecular weight excluding hydrogens is 158 g/mol. The van der Waals surface area contributed by atoms with Crippen molar-refractivity contribution in [3.05, 3.63) is 36.0 Å². The lowest BCUT2D eigenvalue weighted by atomic mass is 10.2. The Labute approximate surface area is 79.9 Å². The third kappa shape index (κ3) is 1.11. The van der Waals surface area contributed by atoms with Crippen molar-refractivity contribution in [1.82, 2.24) is 4.48 Å². The first-order valence-corrected chi connectivity index (χ1v) is 4.98. The molecule has 0 fully saturated rings. The molecule has 0 aliphatic carbocycles. The molecule has 1 aliphatic rings.